The van der Waals surface area contributed by atoms with Gasteiger partial charge < -0.3 is 15.4 Å². The van der Waals surface area contributed by atoms with Gasteiger partial charge in [0.05, 0.1) is 18.4 Å². The number of aromatic nitrogens is 1. The van der Waals surface area contributed by atoms with Crippen molar-refractivity contribution in [1.82, 2.24) is 9.88 Å². The van der Waals surface area contributed by atoms with Crippen LogP contribution in [-0.4, -0.2) is 49.4 Å². The smallest absolute Gasteiger partial charge is 0.340 e. The molecule has 2 N–H and O–H groups in total. The van der Waals surface area contributed by atoms with E-state index in [4.69, 9.17) is 5.73 Å². The standard InChI is InChI=1S/C11H17N3O2S/c1-14(2)6-7-17-10-9(12)8(4-5-13-10)11(15)16-3/h4-5H,6-7,12H2,1-3H3. The van der Waals surface area contributed by atoms with Crippen LogP contribution in [0.5, 0.6) is 0 Å². The van der Waals surface area contributed by atoms with E-state index in [0.717, 1.165) is 12.3 Å². The van der Waals surface area contributed by atoms with Gasteiger partial charge in [0, 0.05) is 18.5 Å². The molecule has 6 heteroatoms. The van der Waals surface area contributed by atoms with E-state index in [9.17, 15) is 4.79 Å². The first-order valence-electron chi connectivity index (χ1n) is 5.16. The van der Waals surface area contributed by atoms with Crippen molar-refractivity contribution in [1.29, 1.82) is 0 Å². The maximum absolute atomic E-state index is 11.4. The van der Waals surface area contributed by atoms with Crippen molar-refractivity contribution in [3.8, 4) is 0 Å². The Balaban J connectivity index is 2.76. The molecule has 5 nitrogen and oxygen atoms in total. The van der Waals surface area contributed by atoms with Crippen LogP contribution in [0.15, 0.2) is 17.3 Å². The summed E-state index contributed by atoms with van der Waals surface area (Å²) in [5.41, 5.74) is 6.64. The number of esters is 1. The van der Waals surface area contributed by atoms with Gasteiger partial charge in [-0.25, -0.2) is 9.78 Å². The molecule has 0 aliphatic heterocycles. The molecule has 0 fully saturated rings. The molecule has 1 heterocycles. The SMILES string of the molecule is COC(=O)c1ccnc(SCCN(C)C)c1N. The van der Waals surface area contributed by atoms with Crippen molar-refractivity contribution in [3.63, 3.8) is 0 Å². The average molecular weight is 255 g/mol. The van der Waals surface area contributed by atoms with E-state index in [1.54, 1.807) is 12.3 Å². The molecule has 0 unspecified atom stereocenters. The molecule has 1 aromatic rings. The van der Waals surface area contributed by atoms with E-state index in [-0.39, 0.29) is 0 Å². The molecule has 0 spiro atoms. The summed E-state index contributed by atoms with van der Waals surface area (Å²) in [6.07, 6.45) is 1.57. The van der Waals surface area contributed by atoms with E-state index in [2.05, 4.69) is 14.6 Å². The van der Waals surface area contributed by atoms with Crippen LogP contribution in [0.3, 0.4) is 0 Å². The first-order valence-corrected chi connectivity index (χ1v) is 6.15. The Labute approximate surface area is 105 Å². The summed E-state index contributed by atoms with van der Waals surface area (Å²) in [7, 11) is 5.34. The lowest BCUT2D eigenvalue weighted by Gasteiger charge is -2.10. The fraction of sp³-hybridized carbons (Fsp3) is 0.455. The van der Waals surface area contributed by atoms with E-state index >= 15 is 0 Å². The summed E-state index contributed by atoms with van der Waals surface area (Å²) in [4.78, 5) is 17.7. The van der Waals surface area contributed by atoms with E-state index in [0.29, 0.717) is 16.3 Å². The molecule has 17 heavy (non-hydrogen) atoms. The fourth-order valence-electron chi connectivity index (χ4n) is 1.18. The number of hydrogen-bond acceptors (Lipinski definition) is 6. The highest BCUT2D eigenvalue weighted by atomic mass is 32.2. The Kier molecular flexibility index (Phi) is 5.24. The lowest BCUT2D eigenvalue weighted by molar-refractivity contribution is 0.0601. The van der Waals surface area contributed by atoms with Crippen molar-refractivity contribution in [2.45, 2.75) is 5.03 Å². The topological polar surface area (TPSA) is 68.5 Å². The number of ether oxygens (including phenoxy) is 1. The summed E-state index contributed by atoms with van der Waals surface area (Å²) >= 11 is 1.53. The predicted octanol–water partition coefficient (Wildman–Crippen LogP) is 1.10. The highest BCUT2D eigenvalue weighted by Gasteiger charge is 2.13. The summed E-state index contributed by atoms with van der Waals surface area (Å²) in [5, 5.41) is 0.676. The molecule has 1 rings (SSSR count). The lowest BCUT2D eigenvalue weighted by atomic mass is 10.2. The summed E-state index contributed by atoms with van der Waals surface area (Å²) < 4.78 is 4.65. The van der Waals surface area contributed by atoms with Gasteiger partial charge in [-0.2, -0.15) is 0 Å². The first kappa shape index (κ1) is 13.8. The van der Waals surface area contributed by atoms with Crippen LogP contribution < -0.4 is 5.73 Å². The molecule has 1 aromatic heterocycles. The Morgan fingerprint density at radius 1 is 1.59 bits per heavy atom. The third-order valence-corrected chi connectivity index (χ3v) is 3.12. The summed E-state index contributed by atoms with van der Waals surface area (Å²) in [6, 6.07) is 1.57. The van der Waals surface area contributed by atoms with Crippen molar-refractivity contribution >= 4 is 23.4 Å². The van der Waals surface area contributed by atoms with Gasteiger partial charge in [-0.05, 0) is 20.2 Å². The van der Waals surface area contributed by atoms with E-state index in [1.165, 1.54) is 18.9 Å². The molecule has 0 aromatic carbocycles. The number of carbonyl (C=O) groups excluding carboxylic acids is 1. The maximum Gasteiger partial charge on any atom is 0.340 e. The number of pyridine rings is 1. The van der Waals surface area contributed by atoms with Gasteiger partial charge in [-0.3, -0.25) is 0 Å². The van der Waals surface area contributed by atoms with Crippen LogP contribution in [0.25, 0.3) is 0 Å². The number of nitrogens with two attached hydrogens (primary N) is 1. The second-order valence-electron chi connectivity index (χ2n) is 3.72. The third-order valence-electron chi connectivity index (χ3n) is 2.14. The minimum absolute atomic E-state index is 0.370. The zero-order chi connectivity index (χ0) is 12.8. The fourth-order valence-corrected chi connectivity index (χ4v) is 2.23. The number of hydrogen-bond donors (Lipinski definition) is 1. The second-order valence-corrected chi connectivity index (χ2v) is 4.80. The normalized spacial score (nSPS) is 10.6. The number of methoxy groups -OCH3 is 1. The van der Waals surface area contributed by atoms with Crippen LogP contribution in [0.4, 0.5) is 5.69 Å². The van der Waals surface area contributed by atoms with Gasteiger partial charge in [-0.1, -0.05) is 0 Å². The molecular formula is C11H17N3O2S. The van der Waals surface area contributed by atoms with Crippen LogP contribution in [0.1, 0.15) is 10.4 Å². The monoisotopic (exact) mass is 255 g/mol. The summed E-state index contributed by atoms with van der Waals surface area (Å²) in [6.45, 7) is 0.925. The molecule has 0 atom stereocenters. The Morgan fingerprint density at radius 3 is 2.88 bits per heavy atom. The second kappa shape index (κ2) is 6.46. The largest absolute Gasteiger partial charge is 0.465 e. The van der Waals surface area contributed by atoms with Crippen LogP contribution in [0.2, 0.25) is 0 Å². The average Bonchev–Trinajstić information content (AvgIpc) is 2.30. The molecule has 0 aliphatic carbocycles. The molecular weight excluding hydrogens is 238 g/mol. The van der Waals surface area contributed by atoms with Crippen molar-refractivity contribution in [2.75, 3.05) is 39.2 Å². The van der Waals surface area contributed by atoms with Gasteiger partial charge in [-0.15, -0.1) is 11.8 Å². The molecule has 0 radical (unpaired) electrons. The molecule has 0 bridgehead atoms. The highest BCUT2D eigenvalue weighted by molar-refractivity contribution is 7.99. The van der Waals surface area contributed by atoms with Crippen molar-refractivity contribution in [2.24, 2.45) is 0 Å². The Morgan fingerprint density at radius 2 is 2.29 bits per heavy atom. The van der Waals surface area contributed by atoms with Gasteiger partial charge in [0.1, 0.15) is 5.03 Å². The number of nitrogen functional groups attached to an aromatic ring is 1. The number of rotatable bonds is 5. The van der Waals surface area contributed by atoms with Gasteiger partial charge in [0.2, 0.25) is 0 Å². The Bertz CT molecular complexity index is 396. The van der Waals surface area contributed by atoms with Crippen molar-refractivity contribution < 1.29 is 9.53 Å². The van der Waals surface area contributed by atoms with E-state index < -0.39 is 5.97 Å². The number of carbonyl (C=O) groups is 1. The van der Waals surface area contributed by atoms with Crippen LogP contribution in [-0.2, 0) is 4.74 Å². The number of thioether (sulfide) groups is 1. The first-order chi connectivity index (χ1) is 8.06. The van der Waals surface area contributed by atoms with Crippen molar-refractivity contribution in [3.05, 3.63) is 17.8 Å². The molecule has 0 saturated carbocycles. The molecule has 0 saturated heterocycles. The van der Waals surface area contributed by atoms with Gasteiger partial charge >= 0.3 is 5.97 Å². The number of anilines is 1. The highest BCUT2D eigenvalue weighted by Crippen LogP contribution is 2.25. The predicted molar refractivity (Wildman–Crippen MR) is 69.3 cm³/mol. The molecule has 0 amide bonds. The quantitative estimate of drug-likeness (QED) is 0.628. The summed E-state index contributed by atoms with van der Waals surface area (Å²) in [5.74, 6) is 0.439. The zero-order valence-corrected chi connectivity index (χ0v) is 11.1. The minimum atomic E-state index is -0.431. The molecule has 94 valence electrons. The lowest BCUT2D eigenvalue weighted by Crippen LogP contribution is -2.15. The minimum Gasteiger partial charge on any atom is -0.465 e. The van der Waals surface area contributed by atoms with Gasteiger partial charge in [0.25, 0.3) is 0 Å². The van der Waals surface area contributed by atoms with E-state index in [1.807, 2.05) is 14.1 Å². The van der Waals surface area contributed by atoms with Crippen LogP contribution >= 0.6 is 11.8 Å². The maximum atomic E-state index is 11.4. The zero-order valence-electron chi connectivity index (χ0n) is 10.3. The Hall–Kier alpha value is -1.27. The third kappa shape index (κ3) is 3.90. The van der Waals surface area contributed by atoms with Crippen LogP contribution in [0, 0.1) is 0 Å². The van der Waals surface area contributed by atoms with Gasteiger partial charge in [0.15, 0.2) is 0 Å². The number of nitrogens with zero attached hydrogens (tertiary/aromatic N) is 2. The molecule has 0 aliphatic rings.